The summed E-state index contributed by atoms with van der Waals surface area (Å²) in [5.41, 5.74) is 0.793. The van der Waals surface area contributed by atoms with Crippen LogP contribution in [0.1, 0.15) is 32.3 Å². The summed E-state index contributed by atoms with van der Waals surface area (Å²) in [5, 5.41) is 8.74. The average Bonchev–Trinajstić information content (AvgIpc) is 2.65. The van der Waals surface area contributed by atoms with Gasteiger partial charge >= 0.3 is 6.03 Å². The van der Waals surface area contributed by atoms with Crippen LogP contribution in [-0.2, 0) is 11.3 Å². The minimum Gasteiger partial charge on any atom is -0.339 e. The van der Waals surface area contributed by atoms with Gasteiger partial charge in [-0.05, 0) is 43.5 Å². The first-order valence-electron chi connectivity index (χ1n) is 9.15. The summed E-state index contributed by atoms with van der Waals surface area (Å²) in [7, 11) is 1.90. The molecule has 0 aromatic heterocycles. The van der Waals surface area contributed by atoms with Gasteiger partial charge in [-0.2, -0.15) is 0 Å². The second kappa shape index (κ2) is 11.1. The van der Waals surface area contributed by atoms with Crippen LogP contribution in [0.25, 0.3) is 0 Å². The summed E-state index contributed by atoms with van der Waals surface area (Å²) in [6, 6.07) is 5.27. The first-order chi connectivity index (χ1) is 12.4. The Labute approximate surface area is 166 Å². The Bertz CT molecular complexity index is 612. The zero-order valence-electron chi connectivity index (χ0n) is 16.1. The molecule has 0 radical (unpaired) electrons. The molecule has 3 amide bonds. The van der Waals surface area contributed by atoms with Crippen LogP contribution in [0.3, 0.4) is 0 Å². The van der Waals surface area contributed by atoms with Gasteiger partial charge in [0.15, 0.2) is 0 Å². The molecule has 2 unspecified atom stereocenters. The van der Waals surface area contributed by atoms with Crippen molar-refractivity contribution in [2.45, 2.75) is 45.3 Å². The lowest BCUT2D eigenvalue weighted by molar-refractivity contribution is -0.135. The van der Waals surface area contributed by atoms with Crippen LogP contribution in [0.2, 0.25) is 0 Å². The minimum atomic E-state index is -0.571. The highest BCUT2D eigenvalue weighted by Gasteiger charge is 2.31. The van der Waals surface area contributed by atoms with E-state index in [9.17, 15) is 14.0 Å². The van der Waals surface area contributed by atoms with E-state index in [1.807, 2.05) is 25.8 Å². The van der Waals surface area contributed by atoms with Gasteiger partial charge in [0.05, 0.1) is 0 Å². The quantitative estimate of drug-likeness (QED) is 0.685. The van der Waals surface area contributed by atoms with Crippen LogP contribution >= 0.6 is 12.4 Å². The number of rotatable bonds is 6. The third kappa shape index (κ3) is 6.99. The van der Waals surface area contributed by atoms with Crippen molar-refractivity contribution in [2.75, 3.05) is 20.1 Å². The molecule has 0 saturated carbocycles. The molecular formula is C19H30ClFN4O2. The number of halogens is 2. The highest BCUT2D eigenvalue weighted by molar-refractivity contribution is 5.87. The number of nitrogens with zero attached hydrogens (tertiary/aromatic N) is 1. The number of urea groups is 1. The van der Waals surface area contributed by atoms with Gasteiger partial charge in [0.1, 0.15) is 11.9 Å². The maximum Gasteiger partial charge on any atom is 0.315 e. The number of nitrogens with one attached hydrogen (secondary N) is 3. The highest BCUT2D eigenvalue weighted by atomic mass is 35.5. The Hall–Kier alpha value is -1.86. The van der Waals surface area contributed by atoms with Gasteiger partial charge in [-0.15, -0.1) is 12.4 Å². The van der Waals surface area contributed by atoms with Crippen LogP contribution < -0.4 is 16.0 Å². The fourth-order valence-corrected chi connectivity index (χ4v) is 3.10. The number of benzene rings is 1. The van der Waals surface area contributed by atoms with E-state index >= 15 is 0 Å². The maximum absolute atomic E-state index is 12.9. The lowest BCUT2D eigenvalue weighted by Crippen LogP contribution is -2.56. The molecule has 27 heavy (non-hydrogen) atoms. The Morgan fingerprint density at radius 1 is 1.26 bits per heavy atom. The molecule has 2 rings (SSSR count). The number of hydrogen-bond donors (Lipinski definition) is 3. The number of likely N-dealkylation sites (tertiary alicyclic amines) is 1. The molecule has 0 bridgehead atoms. The van der Waals surface area contributed by atoms with Gasteiger partial charge in [0.2, 0.25) is 5.91 Å². The monoisotopic (exact) mass is 400 g/mol. The third-order valence-corrected chi connectivity index (χ3v) is 4.73. The minimum absolute atomic E-state index is 0. The maximum atomic E-state index is 12.9. The van der Waals surface area contributed by atoms with Gasteiger partial charge in [0, 0.05) is 25.7 Å². The summed E-state index contributed by atoms with van der Waals surface area (Å²) in [6.07, 6.45) is 2.01. The summed E-state index contributed by atoms with van der Waals surface area (Å²) in [4.78, 5) is 26.9. The predicted octanol–water partition coefficient (Wildman–Crippen LogP) is 2.28. The van der Waals surface area contributed by atoms with E-state index in [4.69, 9.17) is 0 Å². The van der Waals surface area contributed by atoms with E-state index in [0.717, 1.165) is 24.9 Å². The van der Waals surface area contributed by atoms with Gasteiger partial charge in [-0.1, -0.05) is 26.0 Å². The van der Waals surface area contributed by atoms with E-state index in [2.05, 4.69) is 16.0 Å². The molecule has 152 valence electrons. The number of hydrogen-bond acceptors (Lipinski definition) is 3. The Morgan fingerprint density at radius 3 is 2.52 bits per heavy atom. The Morgan fingerprint density at radius 2 is 1.93 bits per heavy atom. The Kier molecular flexibility index (Phi) is 9.52. The molecule has 3 N–H and O–H groups in total. The van der Waals surface area contributed by atoms with Crippen LogP contribution in [0.5, 0.6) is 0 Å². The topological polar surface area (TPSA) is 73.5 Å². The zero-order valence-corrected chi connectivity index (χ0v) is 16.9. The lowest BCUT2D eigenvalue weighted by atomic mass is 10.00. The van der Waals surface area contributed by atoms with Crippen molar-refractivity contribution in [1.82, 2.24) is 20.9 Å². The summed E-state index contributed by atoms with van der Waals surface area (Å²) in [5.74, 6) is -0.379. The second-order valence-electron chi connectivity index (χ2n) is 7.09. The number of likely N-dealkylation sites (N-methyl/N-ethyl adjacent to an activating group) is 1. The molecule has 0 aliphatic carbocycles. The lowest BCUT2D eigenvalue weighted by Gasteiger charge is -2.36. The van der Waals surface area contributed by atoms with E-state index in [1.54, 1.807) is 12.1 Å². The summed E-state index contributed by atoms with van der Waals surface area (Å²) < 4.78 is 12.9. The van der Waals surface area contributed by atoms with Crippen LogP contribution in [0, 0.1) is 11.7 Å². The van der Waals surface area contributed by atoms with Gasteiger partial charge in [-0.25, -0.2) is 9.18 Å². The van der Waals surface area contributed by atoms with E-state index in [-0.39, 0.29) is 36.6 Å². The molecule has 1 aliphatic heterocycles. The van der Waals surface area contributed by atoms with Crippen molar-refractivity contribution < 1.29 is 14.0 Å². The molecule has 0 spiro atoms. The van der Waals surface area contributed by atoms with Crippen LogP contribution in [0.4, 0.5) is 9.18 Å². The van der Waals surface area contributed by atoms with Gasteiger partial charge in [0.25, 0.3) is 0 Å². The molecule has 1 saturated heterocycles. The molecule has 6 nitrogen and oxygen atoms in total. The number of carbonyl (C=O) groups is 2. The fourth-order valence-electron chi connectivity index (χ4n) is 3.10. The second-order valence-corrected chi connectivity index (χ2v) is 7.09. The normalized spacial score (nSPS) is 17.8. The highest BCUT2D eigenvalue weighted by Crippen LogP contribution is 2.14. The van der Waals surface area contributed by atoms with E-state index < -0.39 is 12.1 Å². The number of carbonyl (C=O) groups excluding carboxylic acids is 2. The number of amides is 3. The van der Waals surface area contributed by atoms with Crippen molar-refractivity contribution in [2.24, 2.45) is 5.92 Å². The van der Waals surface area contributed by atoms with Crippen LogP contribution in [0.15, 0.2) is 24.3 Å². The average molecular weight is 401 g/mol. The molecule has 2 atom stereocenters. The summed E-state index contributed by atoms with van der Waals surface area (Å²) >= 11 is 0. The molecule has 8 heteroatoms. The number of piperidine rings is 1. The zero-order chi connectivity index (χ0) is 19.1. The van der Waals surface area contributed by atoms with E-state index in [0.29, 0.717) is 12.6 Å². The first-order valence-corrected chi connectivity index (χ1v) is 9.15. The first kappa shape index (κ1) is 23.2. The molecule has 1 aromatic rings. The van der Waals surface area contributed by atoms with Crippen molar-refractivity contribution in [3.63, 3.8) is 0 Å². The predicted molar refractivity (Wildman–Crippen MR) is 106 cm³/mol. The van der Waals surface area contributed by atoms with Gasteiger partial charge < -0.3 is 20.9 Å². The molecular weight excluding hydrogens is 371 g/mol. The van der Waals surface area contributed by atoms with Crippen molar-refractivity contribution >= 4 is 24.3 Å². The standard InChI is InChI=1S/C19H29FN4O2.ClH/c1-13(2)17(18(25)24-10-4-5-16(12-24)21-3)23-19(26)22-11-14-6-8-15(20)9-7-14;/h6-9,13,16-17,21H,4-5,10-12H2,1-3H3,(H2,22,23,26);1H. The van der Waals surface area contributed by atoms with E-state index in [1.165, 1.54) is 12.1 Å². The molecule has 1 aromatic carbocycles. The molecule has 1 heterocycles. The largest absolute Gasteiger partial charge is 0.339 e. The Balaban J connectivity index is 0.00000364. The van der Waals surface area contributed by atoms with Crippen LogP contribution in [-0.4, -0.2) is 49.1 Å². The molecule has 1 aliphatic rings. The van der Waals surface area contributed by atoms with Crippen molar-refractivity contribution in [3.05, 3.63) is 35.6 Å². The van der Waals surface area contributed by atoms with Crippen molar-refractivity contribution in [1.29, 1.82) is 0 Å². The van der Waals surface area contributed by atoms with Crippen molar-refractivity contribution in [3.8, 4) is 0 Å². The smallest absolute Gasteiger partial charge is 0.315 e. The summed E-state index contributed by atoms with van der Waals surface area (Å²) in [6.45, 7) is 5.50. The molecule has 1 fully saturated rings. The third-order valence-electron chi connectivity index (χ3n) is 4.73. The van der Waals surface area contributed by atoms with Gasteiger partial charge in [-0.3, -0.25) is 4.79 Å². The fraction of sp³-hybridized carbons (Fsp3) is 0.579. The SMILES string of the molecule is CNC1CCCN(C(=O)C(NC(=O)NCc2ccc(F)cc2)C(C)C)C1.Cl.